The van der Waals surface area contributed by atoms with Crippen molar-refractivity contribution in [2.24, 2.45) is 0 Å². The second-order valence-electron chi connectivity index (χ2n) is 2.40. The lowest BCUT2D eigenvalue weighted by Crippen LogP contribution is -2.44. The second kappa shape index (κ2) is 2.17. The zero-order valence-corrected chi connectivity index (χ0v) is 5.29. The molecule has 0 radical (unpaired) electrons. The van der Waals surface area contributed by atoms with Crippen molar-refractivity contribution in [2.75, 3.05) is 6.67 Å². The molecule has 0 rings (SSSR count). The van der Waals surface area contributed by atoms with Crippen LogP contribution < -0.4 is 0 Å². The maximum absolute atomic E-state index is 12.0. The van der Waals surface area contributed by atoms with Gasteiger partial charge in [0.15, 0.2) is 6.67 Å². The summed E-state index contributed by atoms with van der Waals surface area (Å²) < 4.78 is 35.4. The van der Waals surface area contributed by atoms with Gasteiger partial charge in [0.25, 0.3) is 0 Å². The SMILES string of the molecule is CC(C)(O)C(F)(F)CF. The average Bonchev–Trinajstić information content (AvgIpc) is 1.64. The third-order valence-electron chi connectivity index (χ3n) is 1.06. The van der Waals surface area contributed by atoms with Crippen LogP contribution in [0.15, 0.2) is 0 Å². The minimum atomic E-state index is -3.63. The fraction of sp³-hybridized carbons (Fsp3) is 1.00. The number of hydrogen-bond acceptors (Lipinski definition) is 1. The molecule has 0 saturated carbocycles. The molecule has 0 bridgehead atoms. The predicted octanol–water partition coefficient (Wildman–Crippen LogP) is 1.36. The molecule has 0 aliphatic carbocycles. The van der Waals surface area contributed by atoms with Crippen LogP contribution in [0.4, 0.5) is 13.2 Å². The first-order valence-electron chi connectivity index (χ1n) is 2.47. The Morgan fingerprint density at radius 3 is 1.67 bits per heavy atom. The summed E-state index contributed by atoms with van der Waals surface area (Å²) in [5.41, 5.74) is -2.26. The van der Waals surface area contributed by atoms with Gasteiger partial charge < -0.3 is 5.11 Å². The molecule has 0 unspecified atom stereocenters. The first-order chi connectivity index (χ1) is 3.81. The Kier molecular flexibility index (Phi) is 2.11. The van der Waals surface area contributed by atoms with Gasteiger partial charge in [-0.1, -0.05) is 0 Å². The topological polar surface area (TPSA) is 20.2 Å². The Bertz CT molecular complexity index is 94.9. The highest BCUT2D eigenvalue weighted by Crippen LogP contribution is 2.27. The summed E-state index contributed by atoms with van der Waals surface area (Å²) in [7, 11) is 0. The van der Waals surface area contributed by atoms with Gasteiger partial charge in [-0.05, 0) is 13.8 Å². The Morgan fingerprint density at radius 1 is 1.33 bits per heavy atom. The molecule has 1 nitrogen and oxygen atoms in total. The van der Waals surface area contributed by atoms with Crippen molar-refractivity contribution in [3.8, 4) is 0 Å². The van der Waals surface area contributed by atoms with Crippen LogP contribution in [0, 0.1) is 0 Å². The molecule has 0 aliphatic rings. The summed E-state index contributed by atoms with van der Waals surface area (Å²) in [5.74, 6) is -3.63. The summed E-state index contributed by atoms with van der Waals surface area (Å²) >= 11 is 0. The van der Waals surface area contributed by atoms with Crippen LogP contribution in [-0.2, 0) is 0 Å². The Labute approximate surface area is 51.5 Å². The summed E-state index contributed by atoms with van der Waals surface area (Å²) in [6, 6.07) is 0. The predicted molar refractivity (Wildman–Crippen MR) is 27.2 cm³/mol. The van der Waals surface area contributed by atoms with Crippen LogP contribution in [0.2, 0.25) is 0 Å². The second-order valence-corrected chi connectivity index (χ2v) is 2.40. The van der Waals surface area contributed by atoms with Crippen molar-refractivity contribution >= 4 is 0 Å². The highest BCUT2D eigenvalue weighted by atomic mass is 19.3. The first-order valence-corrected chi connectivity index (χ1v) is 2.47. The molecule has 0 heterocycles. The van der Waals surface area contributed by atoms with E-state index in [1.807, 2.05) is 0 Å². The summed E-state index contributed by atoms with van der Waals surface area (Å²) in [5, 5.41) is 8.56. The van der Waals surface area contributed by atoms with E-state index >= 15 is 0 Å². The van der Waals surface area contributed by atoms with Gasteiger partial charge in [0.2, 0.25) is 0 Å². The van der Waals surface area contributed by atoms with E-state index in [0.717, 1.165) is 13.8 Å². The normalized spacial score (nSPS) is 14.0. The van der Waals surface area contributed by atoms with E-state index in [1.54, 1.807) is 0 Å². The summed E-state index contributed by atoms with van der Waals surface area (Å²) in [6.45, 7) is -0.0876. The van der Waals surface area contributed by atoms with Crippen LogP contribution in [0.5, 0.6) is 0 Å². The van der Waals surface area contributed by atoms with Gasteiger partial charge in [-0.3, -0.25) is 0 Å². The van der Waals surface area contributed by atoms with E-state index in [2.05, 4.69) is 0 Å². The standard InChI is InChI=1S/C5H9F3O/c1-4(2,9)5(7,8)3-6/h9H,3H2,1-2H3. The van der Waals surface area contributed by atoms with Crippen LogP contribution in [0.1, 0.15) is 13.8 Å². The van der Waals surface area contributed by atoms with E-state index in [4.69, 9.17) is 5.11 Å². The Balaban J connectivity index is 4.14. The highest BCUT2D eigenvalue weighted by Gasteiger charge is 2.45. The van der Waals surface area contributed by atoms with Crippen molar-refractivity contribution in [2.45, 2.75) is 25.4 Å². The van der Waals surface area contributed by atoms with Crippen LogP contribution in [-0.4, -0.2) is 23.3 Å². The van der Waals surface area contributed by atoms with Crippen LogP contribution in [0.25, 0.3) is 0 Å². The number of hydrogen-bond donors (Lipinski definition) is 1. The third-order valence-corrected chi connectivity index (χ3v) is 1.06. The van der Waals surface area contributed by atoms with Crippen LogP contribution >= 0.6 is 0 Å². The molecule has 0 aromatic carbocycles. The molecule has 9 heavy (non-hydrogen) atoms. The fourth-order valence-corrected chi connectivity index (χ4v) is 0.164. The minimum absolute atomic E-state index is 0.868. The van der Waals surface area contributed by atoms with Gasteiger partial charge in [-0.2, -0.15) is 0 Å². The van der Waals surface area contributed by atoms with E-state index in [0.29, 0.717) is 0 Å². The highest BCUT2D eigenvalue weighted by molar-refractivity contribution is 4.83. The smallest absolute Gasteiger partial charge is 0.303 e. The Morgan fingerprint density at radius 2 is 1.67 bits per heavy atom. The lowest BCUT2D eigenvalue weighted by atomic mass is 10.0. The van der Waals surface area contributed by atoms with E-state index in [-0.39, 0.29) is 0 Å². The van der Waals surface area contributed by atoms with E-state index in [9.17, 15) is 13.2 Å². The lowest BCUT2D eigenvalue weighted by Gasteiger charge is -2.25. The number of alkyl halides is 3. The molecular weight excluding hydrogens is 133 g/mol. The van der Waals surface area contributed by atoms with Crippen molar-refractivity contribution < 1.29 is 18.3 Å². The van der Waals surface area contributed by atoms with Crippen molar-refractivity contribution in [1.29, 1.82) is 0 Å². The fourth-order valence-electron chi connectivity index (χ4n) is 0.164. The van der Waals surface area contributed by atoms with Gasteiger partial charge >= 0.3 is 5.92 Å². The molecule has 0 aromatic rings. The maximum Gasteiger partial charge on any atom is 0.303 e. The largest absolute Gasteiger partial charge is 0.384 e. The van der Waals surface area contributed by atoms with Crippen molar-refractivity contribution in [3.05, 3.63) is 0 Å². The zero-order valence-electron chi connectivity index (χ0n) is 5.29. The van der Waals surface area contributed by atoms with Gasteiger partial charge in [-0.25, -0.2) is 13.2 Å². The number of halogens is 3. The molecular formula is C5H9F3O. The van der Waals surface area contributed by atoms with Gasteiger partial charge in [0.1, 0.15) is 5.60 Å². The first kappa shape index (κ1) is 8.75. The third kappa shape index (κ3) is 1.86. The minimum Gasteiger partial charge on any atom is -0.384 e. The molecule has 0 spiro atoms. The quantitative estimate of drug-likeness (QED) is 0.617. The van der Waals surface area contributed by atoms with Crippen molar-refractivity contribution in [1.82, 2.24) is 0 Å². The molecule has 0 aliphatic heterocycles. The molecule has 0 fully saturated rings. The molecule has 56 valence electrons. The zero-order chi connectivity index (χ0) is 7.71. The molecule has 4 heteroatoms. The van der Waals surface area contributed by atoms with Crippen molar-refractivity contribution in [3.63, 3.8) is 0 Å². The van der Waals surface area contributed by atoms with E-state index < -0.39 is 18.2 Å². The lowest BCUT2D eigenvalue weighted by molar-refractivity contribution is -0.170. The molecule has 1 N–H and O–H groups in total. The summed E-state index contributed by atoms with van der Waals surface area (Å²) in [6.07, 6.45) is 0. The van der Waals surface area contributed by atoms with Crippen LogP contribution in [0.3, 0.4) is 0 Å². The average molecular weight is 142 g/mol. The van der Waals surface area contributed by atoms with E-state index in [1.165, 1.54) is 0 Å². The Hall–Kier alpha value is -0.250. The molecule has 0 aromatic heterocycles. The molecule has 0 atom stereocenters. The van der Waals surface area contributed by atoms with Gasteiger partial charge in [0, 0.05) is 0 Å². The summed E-state index contributed by atoms with van der Waals surface area (Å²) in [4.78, 5) is 0. The number of aliphatic hydroxyl groups is 1. The van der Waals surface area contributed by atoms with Gasteiger partial charge in [-0.15, -0.1) is 0 Å². The monoisotopic (exact) mass is 142 g/mol. The van der Waals surface area contributed by atoms with Gasteiger partial charge in [0.05, 0.1) is 0 Å². The molecule has 0 saturated heterocycles. The maximum atomic E-state index is 12.0. The number of rotatable bonds is 2. The molecule has 0 amide bonds.